The molecule has 0 bridgehead atoms. The van der Waals surface area contributed by atoms with Gasteiger partial charge in [0.25, 0.3) is 0 Å². The number of nitrogens with one attached hydrogen (secondary N) is 1. The second kappa shape index (κ2) is 7.40. The van der Waals surface area contributed by atoms with Crippen LogP contribution in [0.25, 0.3) is 0 Å². The van der Waals surface area contributed by atoms with Gasteiger partial charge in [0, 0.05) is 18.5 Å². The largest absolute Gasteiger partial charge is 0.301 e. The molecule has 130 valence electrons. The molecule has 8 heteroatoms. The minimum Gasteiger partial charge on any atom is -0.301 e. The molecule has 1 atom stereocenters. The number of amides is 1. The Bertz CT molecular complexity index is 709. The van der Waals surface area contributed by atoms with Crippen LogP contribution in [0, 0.1) is 26.7 Å². The van der Waals surface area contributed by atoms with Crippen molar-refractivity contribution in [3.63, 3.8) is 0 Å². The second-order valence-electron chi connectivity index (χ2n) is 6.47. The van der Waals surface area contributed by atoms with Gasteiger partial charge < -0.3 is 5.32 Å². The first-order chi connectivity index (χ1) is 11.5. The molecule has 0 aliphatic carbocycles. The molecule has 0 radical (unpaired) electrons. The fourth-order valence-electron chi connectivity index (χ4n) is 3.20. The van der Waals surface area contributed by atoms with E-state index in [1.807, 2.05) is 30.8 Å². The van der Waals surface area contributed by atoms with Crippen LogP contribution in [0.4, 0.5) is 5.13 Å². The van der Waals surface area contributed by atoms with Gasteiger partial charge in [-0.1, -0.05) is 0 Å². The predicted molar refractivity (Wildman–Crippen MR) is 94.1 cm³/mol. The van der Waals surface area contributed by atoms with E-state index in [2.05, 4.69) is 25.3 Å². The highest BCUT2D eigenvalue weighted by Gasteiger charge is 2.23. The number of carbonyl (C=O) groups excluding carboxylic acids is 1. The summed E-state index contributed by atoms with van der Waals surface area (Å²) in [5.41, 5.74) is 0.937. The zero-order chi connectivity index (χ0) is 17.1. The van der Waals surface area contributed by atoms with E-state index in [1.165, 1.54) is 17.8 Å². The van der Waals surface area contributed by atoms with Gasteiger partial charge in [0.15, 0.2) is 5.13 Å². The molecule has 1 aliphatic heterocycles. The Morgan fingerprint density at radius 1 is 1.38 bits per heavy atom. The molecule has 1 amide bonds. The number of anilines is 1. The fourth-order valence-corrected chi connectivity index (χ4v) is 3.90. The molecular formula is C16H24N6OS. The smallest absolute Gasteiger partial charge is 0.240 e. The van der Waals surface area contributed by atoms with Crippen molar-refractivity contribution in [2.24, 2.45) is 5.92 Å². The zero-order valence-corrected chi connectivity index (χ0v) is 15.3. The SMILES string of the molecule is Cc1csc(NC(=O)CN2CCC[C@@H](Cn3nc(C)nc3C)C2)n1. The lowest BCUT2D eigenvalue weighted by molar-refractivity contribution is -0.117. The van der Waals surface area contributed by atoms with Crippen molar-refractivity contribution in [2.45, 2.75) is 40.2 Å². The van der Waals surface area contributed by atoms with Gasteiger partial charge in [-0.05, 0) is 46.1 Å². The molecule has 3 heterocycles. The molecule has 1 aliphatic rings. The third-order valence-electron chi connectivity index (χ3n) is 4.23. The topological polar surface area (TPSA) is 75.9 Å². The van der Waals surface area contributed by atoms with Crippen LogP contribution in [-0.4, -0.2) is 50.2 Å². The highest BCUT2D eigenvalue weighted by atomic mass is 32.1. The van der Waals surface area contributed by atoms with Crippen LogP contribution < -0.4 is 5.32 Å². The van der Waals surface area contributed by atoms with Crippen molar-refractivity contribution in [1.29, 1.82) is 0 Å². The first-order valence-electron chi connectivity index (χ1n) is 8.32. The van der Waals surface area contributed by atoms with Gasteiger partial charge in [-0.3, -0.25) is 9.69 Å². The third kappa shape index (κ3) is 4.39. The Balaban J connectivity index is 1.51. The number of piperidine rings is 1. The summed E-state index contributed by atoms with van der Waals surface area (Å²) in [4.78, 5) is 23.1. The van der Waals surface area contributed by atoms with Gasteiger partial charge in [-0.15, -0.1) is 11.3 Å². The van der Waals surface area contributed by atoms with E-state index in [1.54, 1.807) is 0 Å². The Morgan fingerprint density at radius 3 is 2.88 bits per heavy atom. The summed E-state index contributed by atoms with van der Waals surface area (Å²) >= 11 is 1.47. The van der Waals surface area contributed by atoms with Gasteiger partial charge in [-0.2, -0.15) is 5.10 Å². The highest BCUT2D eigenvalue weighted by Crippen LogP contribution is 2.19. The molecule has 1 N–H and O–H groups in total. The van der Waals surface area contributed by atoms with Crippen molar-refractivity contribution in [3.05, 3.63) is 22.7 Å². The summed E-state index contributed by atoms with van der Waals surface area (Å²) in [6.45, 7) is 9.01. The number of likely N-dealkylation sites (tertiary alicyclic amines) is 1. The van der Waals surface area contributed by atoms with Gasteiger partial charge in [0.1, 0.15) is 11.6 Å². The van der Waals surface area contributed by atoms with Crippen LogP contribution in [0.5, 0.6) is 0 Å². The monoisotopic (exact) mass is 348 g/mol. The van der Waals surface area contributed by atoms with E-state index in [4.69, 9.17) is 0 Å². The molecular weight excluding hydrogens is 324 g/mol. The Labute approximate surface area is 146 Å². The lowest BCUT2D eigenvalue weighted by Gasteiger charge is -2.32. The van der Waals surface area contributed by atoms with Gasteiger partial charge in [-0.25, -0.2) is 14.6 Å². The molecule has 1 fully saturated rings. The van der Waals surface area contributed by atoms with Crippen molar-refractivity contribution in [2.75, 3.05) is 25.0 Å². The molecule has 0 spiro atoms. The van der Waals surface area contributed by atoms with E-state index >= 15 is 0 Å². The molecule has 1 saturated heterocycles. The lowest BCUT2D eigenvalue weighted by atomic mass is 9.98. The quantitative estimate of drug-likeness (QED) is 0.894. The minimum atomic E-state index is 0.0118. The van der Waals surface area contributed by atoms with E-state index in [9.17, 15) is 4.79 Å². The van der Waals surface area contributed by atoms with E-state index in [-0.39, 0.29) is 5.91 Å². The summed E-state index contributed by atoms with van der Waals surface area (Å²) in [7, 11) is 0. The average Bonchev–Trinajstić information content (AvgIpc) is 3.05. The van der Waals surface area contributed by atoms with Crippen LogP contribution >= 0.6 is 11.3 Å². The maximum Gasteiger partial charge on any atom is 0.240 e. The number of carbonyl (C=O) groups is 1. The van der Waals surface area contributed by atoms with E-state index < -0.39 is 0 Å². The average molecular weight is 348 g/mol. The van der Waals surface area contributed by atoms with Crippen LogP contribution in [0.2, 0.25) is 0 Å². The van der Waals surface area contributed by atoms with Crippen LogP contribution in [0.15, 0.2) is 5.38 Å². The van der Waals surface area contributed by atoms with Crippen LogP contribution in [0.3, 0.4) is 0 Å². The number of nitrogens with zero attached hydrogens (tertiary/aromatic N) is 5. The van der Waals surface area contributed by atoms with E-state index in [0.29, 0.717) is 17.6 Å². The number of rotatable bonds is 5. The third-order valence-corrected chi connectivity index (χ3v) is 5.10. The van der Waals surface area contributed by atoms with Gasteiger partial charge >= 0.3 is 0 Å². The van der Waals surface area contributed by atoms with Crippen molar-refractivity contribution < 1.29 is 4.79 Å². The molecule has 0 unspecified atom stereocenters. The summed E-state index contributed by atoms with van der Waals surface area (Å²) in [5.74, 6) is 2.30. The molecule has 24 heavy (non-hydrogen) atoms. The minimum absolute atomic E-state index is 0.0118. The molecule has 3 rings (SSSR count). The summed E-state index contributed by atoms with van der Waals surface area (Å²) in [5, 5.41) is 9.96. The molecule has 0 saturated carbocycles. The van der Waals surface area contributed by atoms with Crippen LogP contribution in [0.1, 0.15) is 30.2 Å². The second-order valence-corrected chi connectivity index (χ2v) is 7.33. The highest BCUT2D eigenvalue weighted by molar-refractivity contribution is 7.13. The van der Waals surface area contributed by atoms with Crippen LogP contribution in [-0.2, 0) is 11.3 Å². The van der Waals surface area contributed by atoms with Crippen molar-refractivity contribution in [1.82, 2.24) is 24.6 Å². The maximum absolute atomic E-state index is 12.2. The Hall–Kier alpha value is -1.80. The van der Waals surface area contributed by atoms with Crippen molar-refractivity contribution >= 4 is 22.4 Å². The molecule has 2 aromatic rings. The number of hydrogen-bond acceptors (Lipinski definition) is 6. The molecule has 2 aromatic heterocycles. The van der Waals surface area contributed by atoms with Gasteiger partial charge in [0.2, 0.25) is 5.91 Å². The number of thiazole rings is 1. The first-order valence-corrected chi connectivity index (χ1v) is 9.20. The predicted octanol–water partition coefficient (Wildman–Crippen LogP) is 2.01. The first kappa shape index (κ1) is 17.0. The van der Waals surface area contributed by atoms with Gasteiger partial charge in [0.05, 0.1) is 12.2 Å². The van der Waals surface area contributed by atoms with Crippen molar-refractivity contribution in [3.8, 4) is 0 Å². The molecule has 7 nitrogen and oxygen atoms in total. The normalized spacial score (nSPS) is 18.7. The standard InChI is InChI=1S/C16H24N6OS/c1-11-10-24-16(17-11)19-15(23)9-21-6-4-5-14(7-21)8-22-13(3)18-12(2)20-22/h10,14H,4-9H2,1-3H3,(H,17,19,23)/t14-/m1/s1. The maximum atomic E-state index is 12.2. The number of aryl methyl sites for hydroxylation is 3. The summed E-state index contributed by atoms with van der Waals surface area (Å²) in [6.07, 6.45) is 2.28. The Morgan fingerprint density at radius 2 is 2.21 bits per heavy atom. The Kier molecular flexibility index (Phi) is 5.25. The number of hydrogen-bond donors (Lipinski definition) is 1. The van der Waals surface area contributed by atoms with E-state index in [0.717, 1.165) is 43.4 Å². The molecule has 0 aromatic carbocycles. The fraction of sp³-hybridized carbons (Fsp3) is 0.625. The zero-order valence-electron chi connectivity index (χ0n) is 14.4. The lowest BCUT2D eigenvalue weighted by Crippen LogP contribution is -2.41. The summed E-state index contributed by atoms with van der Waals surface area (Å²) < 4.78 is 1.99. The summed E-state index contributed by atoms with van der Waals surface area (Å²) in [6, 6.07) is 0. The number of aromatic nitrogens is 4.